The van der Waals surface area contributed by atoms with Gasteiger partial charge < -0.3 is 4.98 Å². The van der Waals surface area contributed by atoms with Crippen LogP contribution < -0.4 is 0 Å². The average molecular weight is 137 g/mol. The molecule has 0 aromatic carbocycles. The third-order valence-electron chi connectivity index (χ3n) is 2.20. The number of H-pyrrole nitrogens is 1. The van der Waals surface area contributed by atoms with Crippen LogP contribution in [0.25, 0.3) is 0 Å². The van der Waals surface area contributed by atoms with Gasteiger partial charge in [-0.15, -0.1) is 0 Å². The third kappa shape index (κ3) is 0.962. The molecule has 10 heavy (non-hydrogen) atoms. The van der Waals surface area contributed by atoms with Gasteiger partial charge in [0.15, 0.2) is 0 Å². The first kappa shape index (κ1) is 7.39. The van der Waals surface area contributed by atoms with Gasteiger partial charge in [-0.25, -0.2) is 0 Å². The van der Waals surface area contributed by atoms with E-state index in [4.69, 9.17) is 0 Å². The van der Waals surface area contributed by atoms with Gasteiger partial charge in [-0.3, -0.25) is 0 Å². The topological polar surface area (TPSA) is 15.8 Å². The quantitative estimate of drug-likeness (QED) is 0.612. The van der Waals surface area contributed by atoms with E-state index in [2.05, 4.69) is 32.7 Å². The van der Waals surface area contributed by atoms with Gasteiger partial charge in [0, 0.05) is 11.4 Å². The number of hydrogen-bond acceptors (Lipinski definition) is 0. The van der Waals surface area contributed by atoms with Crippen molar-refractivity contribution < 1.29 is 0 Å². The number of nitrogens with one attached hydrogen (secondary N) is 1. The zero-order valence-corrected chi connectivity index (χ0v) is 7.21. The van der Waals surface area contributed by atoms with Gasteiger partial charge >= 0.3 is 0 Å². The summed E-state index contributed by atoms with van der Waals surface area (Å²) in [5.74, 6) is 0. The molecule has 1 rings (SSSR count). The summed E-state index contributed by atoms with van der Waals surface area (Å²) >= 11 is 0. The van der Waals surface area contributed by atoms with E-state index in [1.165, 1.54) is 22.5 Å². The molecular weight excluding hydrogens is 122 g/mol. The number of hydrogen-bond donors (Lipinski definition) is 1. The Hall–Kier alpha value is -0.720. The molecule has 0 aliphatic heterocycles. The van der Waals surface area contributed by atoms with Gasteiger partial charge in [-0.2, -0.15) is 0 Å². The van der Waals surface area contributed by atoms with Crippen LogP contribution in [0.5, 0.6) is 0 Å². The Morgan fingerprint density at radius 1 is 1.10 bits per heavy atom. The van der Waals surface area contributed by atoms with Crippen LogP contribution >= 0.6 is 0 Å². The average Bonchev–Trinajstić information content (AvgIpc) is 2.09. The highest BCUT2D eigenvalue weighted by Crippen LogP contribution is 2.16. The Morgan fingerprint density at radius 2 is 1.70 bits per heavy atom. The minimum atomic E-state index is 1.14. The summed E-state index contributed by atoms with van der Waals surface area (Å²) in [6.07, 6.45) is 1.14. The smallest absolute Gasteiger partial charge is 0.0152 e. The van der Waals surface area contributed by atoms with Crippen molar-refractivity contribution in [3.05, 3.63) is 22.5 Å². The highest BCUT2D eigenvalue weighted by Gasteiger charge is 2.04. The van der Waals surface area contributed by atoms with Crippen LogP contribution in [0.3, 0.4) is 0 Å². The van der Waals surface area contributed by atoms with E-state index in [0.29, 0.717) is 0 Å². The van der Waals surface area contributed by atoms with Crippen LogP contribution in [0.15, 0.2) is 0 Å². The standard InChI is InChI=1S/C9H15N/c1-5-9-6(2)7(3)10-8(9)4/h10H,5H2,1-4H3. The van der Waals surface area contributed by atoms with Crippen LogP contribution in [0.2, 0.25) is 0 Å². The van der Waals surface area contributed by atoms with Crippen LogP contribution in [0, 0.1) is 20.8 Å². The lowest BCUT2D eigenvalue weighted by molar-refractivity contribution is 1.08. The predicted molar refractivity (Wildman–Crippen MR) is 44.4 cm³/mol. The van der Waals surface area contributed by atoms with E-state index < -0.39 is 0 Å². The van der Waals surface area contributed by atoms with Crippen molar-refractivity contribution in [3.63, 3.8) is 0 Å². The number of aromatic amines is 1. The molecule has 56 valence electrons. The van der Waals surface area contributed by atoms with Gasteiger partial charge in [-0.1, -0.05) is 6.92 Å². The maximum Gasteiger partial charge on any atom is 0.0152 e. The fourth-order valence-corrected chi connectivity index (χ4v) is 1.49. The number of rotatable bonds is 1. The molecule has 1 aromatic heterocycles. The maximum atomic E-state index is 3.33. The van der Waals surface area contributed by atoms with Crippen molar-refractivity contribution in [1.29, 1.82) is 0 Å². The normalized spacial score (nSPS) is 10.4. The fraction of sp³-hybridized carbons (Fsp3) is 0.556. The molecule has 1 N–H and O–H groups in total. The molecule has 0 saturated carbocycles. The van der Waals surface area contributed by atoms with E-state index in [-0.39, 0.29) is 0 Å². The molecule has 1 heterocycles. The fourth-order valence-electron chi connectivity index (χ4n) is 1.49. The first-order valence-corrected chi connectivity index (χ1v) is 3.81. The second-order valence-corrected chi connectivity index (χ2v) is 2.83. The Bertz CT molecular complexity index is 233. The molecular formula is C9H15N. The molecule has 1 heteroatoms. The lowest BCUT2D eigenvalue weighted by Crippen LogP contribution is -1.82. The SMILES string of the molecule is CCc1c(C)[nH]c(C)c1C. The summed E-state index contributed by atoms with van der Waals surface area (Å²) in [5.41, 5.74) is 5.56. The van der Waals surface area contributed by atoms with Crippen molar-refractivity contribution in [3.8, 4) is 0 Å². The van der Waals surface area contributed by atoms with Crippen LogP contribution in [0.1, 0.15) is 29.4 Å². The molecule has 0 fully saturated rings. The molecule has 0 amide bonds. The van der Waals surface area contributed by atoms with Crippen LogP contribution in [0.4, 0.5) is 0 Å². The highest BCUT2D eigenvalue weighted by atomic mass is 14.7. The predicted octanol–water partition coefficient (Wildman–Crippen LogP) is 2.50. The van der Waals surface area contributed by atoms with E-state index >= 15 is 0 Å². The Kier molecular flexibility index (Phi) is 1.84. The summed E-state index contributed by atoms with van der Waals surface area (Å²) < 4.78 is 0. The first-order chi connectivity index (χ1) is 4.66. The second kappa shape index (κ2) is 2.49. The van der Waals surface area contributed by atoms with Crippen molar-refractivity contribution in [2.75, 3.05) is 0 Å². The van der Waals surface area contributed by atoms with E-state index in [1.54, 1.807) is 0 Å². The van der Waals surface area contributed by atoms with Gasteiger partial charge in [0.25, 0.3) is 0 Å². The molecule has 0 aliphatic carbocycles. The van der Waals surface area contributed by atoms with Gasteiger partial charge in [0.05, 0.1) is 0 Å². The molecule has 1 aromatic rings. The summed E-state index contributed by atoms with van der Waals surface area (Å²) in [5, 5.41) is 0. The summed E-state index contributed by atoms with van der Waals surface area (Å²) in [6, 6.07) is 0. The van der Waals surface area contributed by atoms with Crippen LogP contribution in [-0.2, 0) is 6.42 Å². The van der Waals surface area contributed by atoms with Gasteiger partial charge in [-0.05, 0) is 38.3 Å². The molecule has 0 radical (unpaired) electrons. The second-order valence-electron chi connectivity index (χ2n) is 2.83. The zero-order valence-electron chi connectivity index (χ0n) is 7.21. The molecule has 0 aliphatic rings. The summed E-state index contributed by atoms with van der Waals surface area (Å²) in [4.78, 5) is 3.33. The zero-order chi connectivity index (χ0) is 7.72. The van der Waals surface area contributed by atoms with Crippen molar-refractivity contribution in [2.45, 2.75) is 34.1 Å². The molecule has 0 bridgehead atoms. The largest absolute Gasteiger partial charge is 0.362 e. The monoisotopic (exact) mass is 137 g/mol. The Labute approximate surface area is 62.5 Å². The molecule has 0 atom stereocenters. The highest BCUT2D eigenvalue weighted by molar-refractivity contribution is 5.34. The molecule has 0 unspecified atom stereocenters. The van der Waals surface area contributed by atoms with Crippen molar-refractivity contribution >= 4 is 0 Å². The Morgan fingerprint density at radius 3 is 1.90 bits per heavy atom. The number of aromatic nitrogens is 1. The van der Waals surface area contributed by atoms with E-state index in [9.17, 15) is 0 Å². The number of aryl methyl sites for hydroxylation is 2. The summed E-state index contributed by atoms with van der Waals surface area (Å²) in [6.45, 7) is 8.64. The van der Waals surface area contributed by atoms with Crippen molar-refractivity contribution in [2.24, 2.45) is 0 Å². The Balaban J connectivity index is 3.20. The van der Waals surface area contributed by atoms with Crippen LogP contribution in [-0.4, -0.2) is 4.98 Å². The summed E-state index contributed by atoms with van der Waals surface area (Å²) in [7, 11) is 0. The third-order valence-corrected chi connectivity index (χ3v) is 2.20. The lowest BCUT2D eigenvalue weighted by atomic mass is 10.1. The van der Waals surface area contributed by atoms with E-state index in [1.807, 2.05) is 0 Å². The molecule has 1 nitrogen and oxygen atoms in total. The minimum absolute atomic E-state index is 1.14. The van der Waals surface area contributed by atoms with Crippen molar-refractivity contribution in [1.82, 2.24) is 4.98 Å². The van der Waals surface area contributed by atoms with Gasteiger partial charge in [0.2, 0.25) is 0 Å². The molecule has 0 spiro atoms. The minimum Gasteiger partial charge on any atom is -0.362 e. The maximum absolute atomic E-state index is 3.33. The molecule has 0 saturated heterocycles. The van der Waals surface area contributed by atoms with Gasteiger partial charge in [0.1, 0.15) is 0 Å². The van der Waals surface area contributed by atoms with E-state index in [0.717, 1.165) is 6.42 Å². The first-order valence-electron chi connectivity index (χ1n) is 3.81. The lowest BCUT2D eigenvalue weighted by Gasteiger charge is -1.94.